The van der Waals surface area contributed by atoms with Gasteiger partial charge in [-0.1, -0.05) is 0 Å². The molecule has 0 saturated carbocycles. The summed E-state index contributed by atoms with van der Waals surface area (Å²) in [5.41, 5.74) is 1.83. The first kappa shape index (κ1) is 12.6. The number of piperidine rings is 1. The lowest BCUT2D eigenvalue weighted by Gasteiger charge is -2.22. The van der Waals surface area contributed by atoms with Crippen LogP contribution in [0, 0.1) is 11.7 Å². The molecule has 1 aliphatic rings. The average Bonchev–Trinajstić information content (AvgIpc) is 2.76. The van der Waals surface area contributed by atoms with E-state index in [1.165, 1.54) is 25.0 Å². The minimum atomic E-state index is -0.207. The average molecular weight is 261 g/mol. The largest absolute Gasteiger partial charge is 0.328 e. The van der Waals surface area contributed by atoms with Gasteiger partial charge in [-0.15, -0.1) is 0 Å². The Labute approximate surface area is 112 Å². The number of hydrogen-bond donors (Lipinski definition) is 1. The van der Waals surface area contributed by atoms with Crippen LogP contribution >= 0.6 is 0 Å². The van der Waals surface area contributed by atoms with Gasteiger partial charge in [-0.3, -0.25) is 0 Å². The second kappa shape index (κ2) is 5.29. The first-order valence-electron chi connectivity index (χ1n) is 7.13. The number of nitrogens with zero attached hydrogens (tertiary/aromatic N) is 2. The van der Waals surface area contributed by atoms with Gasteiger partial charge >= 0.3 is 0 Å². The van der Waals surface area contributed by atoms with Crippen molar-refractivity contribution in [3.8, 4) is 0 Å². The third kappa shape index (κ3) is 2.50. The normalized spacial score (nSPS) is 17.2. The molecule has 2 heterocycles. The predicted molar refractivity (Wildman–Crippen MR) is 74.7 cm³/mol. The molecule has 1 aromatic heterocycles. The summed E-state index contributed by atoms with van der Waals surface area (Å²) < 4.78 is 15.5. The fraction of sp³-hybridized carbons (Fsp3) is 0.533. The monoisotopic (exact) mass is 261 g/mol. The first-order chi connectivity index (χ1) is 9.28. The summed E-state index contributed by atoms with van der Waals surface area (Å²) in [7, 11) is 0. The number of aromatic nitrogens is 2. The molecule has 4 heteroatoms. The van der Waals surface area contributed by atoms with Crippen LogP contribution in [0.3, 0.4) is 0 Å². The van der Waals surface area contributed by atoms with Gasteiger partial charge in [0.1, 0.15) is 11.6 Å². The zero-order valence-corrected chi connectivity index (χ0v) is 11.3. The van der Waals surface area contributed by atoms with Gasteiger partial charge in [0.05, 0.1) is 11.0 Å². The third-order valence-corrected chi connectivity index (χ3v) is 4.04. The third-order valence-electron chi connectivity index (χ3n) is 4.04. The molecule has 0 radical (unpaired) electrons. The van der Waals surface area contributed by atoms with Crippen molar-refractivity contribution >= 4 is 11.0 Å². The SMILES string of the molecule is CCn1c(CC2CCNCC2)nc2cc(F)ccc21. The van der Waals surface area contributed by atoms with E-state index >= 15 is 0 Å². The smallest absolute Gasteiger partial charge is 0.125 e. The molecule has 1 N–H and O–H groups in total. The Hall–Kier alpha value is -1.42. The molecule has 0 bridgehead atoms. The first-order valence-corrected chi connectivity index (χ1v) is 7.13. The maximum Gasteiger partial charge on any atom is 0.125 e. The second-order valence-electron chi connectivity index (χ2n) is 5.30. The number of halogens is 1. The maximum absolute atomic E-state index is 13.3. The quantitative estimate of drug-likeness (QED) is 0.920. The molecular formula is C15H20FN3. The van der Waals surface area contributed by atoms with Gasteiger partial charge in [0.15, 0.2) is 0 Å². The molecule has 1 aromatic carbocycles. The number of aryl methyl sites for hydroxylation is 1. The number of rotatable bonds is 3. The van der Waals surface area contributed by atoms with Crippen molar-refractivity contribution in [3.05, 3.63) is 29.8 Å². The molecule has 0 atom stereocenters. The van der Waals surface area contributed by atoms with Crippen LogP contribution in [0.25, 0.3) is 11.0 Å². The van der Waals surface area contributed by atoms with Crippen molar-refractivity contribution < 1.29 is 4.39 Å². The van der Waals surface area contributed by atoms with Gasteiger partial charge in [-0.25, -0.2) is 9.37 Å². The Kier molecular flexibility index (Phi) is 3.51. The summed E-state index contributed by atoms with van der Waals surface area (Å²) in [6.45, 7) is 5.22. The van der Waals surface area contributed by atoms with Gasteiger partial charge in [-0.05, 0) is 50.9 Å². The molecule has 19 heavy (non-hydrogen) atoms. The minimum Gasteiger partial charge on any atom is -0.328 e. The molecule has 102 valence electrons. The Morgan fingerprint density at radius 1 is 1.37 bits per heavy atom. The Bertz CT molecular complexity index is 570. The highest BCUT2D eigenvalue weighted by Gasteiger charge is 2.18. The standard InChI is InChI=1S/C15H20FN3/c1-2-19-14-4-3-12(16)10-13(14)18-15(19)9-11-5-7-17-8-6-11/h3-4,10-11,17H,2,5-9H2,1H3. The highest BCUT2D eigenvalue weighted by Crippen LogP contribution is 2.22. The highest BCUT2D eigenvalue weighted by molar-refractivity contribution is 5.76. The van der Waals surface area contributed by atoms with Gasteiger partial charge < -0.3 is 9.88 Å². The van der Waals surface area contributed by atoms with E-state index in [1.54, 1.807) is 0 Å². The minimum absolute atomic E-state index is 0.207. The molecular weight excluding hydrogens is 241 g/mol. The van der Waals surface area contributed by atoms with E-state index < -0.39 is 0 Å². The summed E-state index contributed by atoms with van der Waals surface area (Å²) in [5, 5.41) is 3.39. The van der Waals surface area contributed by atoms with Crippen molar-refractivity contribution in [1.82, 2.24) is 14.9 Å². The number of benzene rings is 1. The topological polar surface area (TPSA) is 29.9 Å². The van der Waals surface area contributed by atoms with Crippen LogP contribution in [-0.2, 0) is 13.0 Å². The molecule has 0 aliphatic carbocycles. The lowest BCUT2D eigenvalue weighted by molar-refractivity contribution is 0.364. The molecule has 1 fully saturated rings. The molecule has 0 spiro atoms. The van der Waals surface area contributed by atoms with Crippen LogP contribution in [-0.4, -0.2) is 22.6 Å². The van der Waals surface area contributed by atoms with Crippen molar-refractivity contribution in [2.24, 2.45) is 5.92 Å². The maximum atomic E-state index is 13.3. The predicted octanol–water partition coefficient (Wildman–Crippen LogP) is 2.74. The van der Waals surface area contributed by atoms with Crippen molar-refractivity contribution in [3.63, 3.8) is 0 Å². The van der Waals surface area contributed by atoms with E-state index in [1.807, 2.05) is 6.07 Å². The van der Waals surface area contributed by atoms with E-state index in [0.717, 1.165) is 42.9 Å². The van der Waals surface area contributed by atoms with Gasteiger partial charge in [-0.2, -0.15) is 0 Å². The van der Waals surface area contributed by atoms with E-state index in [4.69, 9.17) is 0 Å². The fourth-order valence-electron chi connectivity index (χ4n) is 3.01. The van der Waals surface area contributed by atoms with Crippen LogP contribution in [0.1, 0.15) is 25.6 Å². The Morgan fingerprint density at radius 3 is 2.89 bits per heavy atom. The number of hydrogen-bond acceptors (Lipinski definition) is 2. The summed E-state index contributed by atoms with van der Waals surface area (Å²) in [6, 6.07) is 4.89. The van der Waals surface area contributed by atoms with Crippen LogP contribution in [0.5, 0.6) is 0 Å². The zero-order chi connectivity index (χ0) is 13.2. The Morgan fingerprint density at radius 2 is 2.16 bits per heavy atom. The Balaban J connectivity index is 1.93. The molecule has 1 aliphatic heterocycles. The second-order valence-corrected chi connectivity index (χ2v) is 5.30. The van der Waals surface area contributed by atoms with Gasteiger partial charge in [0, 0.05) is 19.0 Å². The summed E-state index contributed by atoms with van der Waals surface area (Å²) in [4.78, 5) is 4.64. The lowest BCUT2D eigenvalue weighted by Crippen LogP contribution is -2.29. The molecule has 2 aromatic rings. The molecule has 3 nitrogen and oxygen atoms in total. The van der Waals surface area contributed by atoms with Crippen molar-refractivity contribution in [2.75, 3.05) is 13.1 Å². The van der Waals surface area contributed by atoms with Gasteiger partial charge in [0.25, 0.3) is 0 Å². The van der Waals surface area contributed by atoms with Crippen LogP contribution in [0.4, 0.5) is 4.39 Å². The van der Waals surface area contributed by atoms with E-state index in [9.17, 15) is 4.39 Å². The number of imidazole rings is 1. The number of fused-ring (bicyclic) bond motifs is 1. The number of nitrogens with one attached hydrogen (secondary N) is 1. The summed E-state index contributed by atoms with van der Waals surface area (Å²) in [6.07, 6.45) is 3.42. The fourth-order valence-corrected chi connectivity index (χ4v) is 3.01. The van der Waals surface area contributed by atoms with Crippen molar-refractivity contribution in [2.45, 2.75) is 32.7 Å². The van der Waals surface area contributed by atoms with E-state index in [-0.39, 0.29) is 5.82 Å². The van der Waals surface area contributed by atoms with E-state index in [0.29, 0.717) is 5.92 Å². The molecule has 0 amide bonds. The van der Waals surface area contributed by atoms with Crippen LogP contribution < -0.4 is 5.32 Å². The highest BCUT2D eigenvalue weighted by atomic mass is 19.1. The summed E-state index contributed by atoms with van der Waals surface area (Å²) in [5.74, 6) is 1.60. The lowest BCUT2D eigenvalue weighted by atomic mass is 9.94. The molecule has 1 saturated heterocycles. The molecule has 3 rings (SSSR count). The summed E-state index contributed by atoms with van der Waals surface area (Å²) >= 11 is 0. The van der Waals surface area contributed by atoms with Gasteiger partial charge in [0.2, 0.25) is 0 Å². The molecule has 0 unspecified atom stereocenters. The van der Waals surface area contributed by atoms with E-state index in [2.05, 4.69) is 21.8 Å². The van der Waals surface area contributed by atoms with Crippen LogP contribution in [0.15, 0.2) is 18.2 Å². The zero-order valence-electron chi connectivity index (χ0n) is 11.3. The van der Waals surface area contributed by atoms with Crippen LogP contribution in [0.2, 0.25) is 0 Å². The van der Waals surface area contributed by atoms with Crippen molar-refractivity contribution in [1.29, 1.82) is 0 Å².